The quantitative estimate of drug-likeness (QED) is 0.428. The maximum absolute atomic E-state index is 11.4. The van der Waals surface area contributed by atoms with Gasteiger partial charge >= 0.3 is 5.97 Å². The number of unbranched alkanes of at least 4 members (excludes halogenated alkanes) is 1. The number of hydrogen-bond donors (Lipinski definition) is 1. The number of carbonyl (C=O) groups is 1. The normalized spacial score (nSPS) is 10.4. The Bertz CT molecular complexity index is 365. The van der Waals surface area contributed by atoms with Crippen molar-refractivity contribution >= 4 is 17.7 Å². The van der Waals surface area contributed by atoms with Gasteiger partial charge in [0.1, 0.15) is 0 Å². The van der Waals surface area contributed by atoms with Crippen LogP contribution in [0.5, 0.6) is 0 Å². The largest absolute Gasteiger partial charge is 0.465 e. The third-order valence-corrected chi connectivity index (χ3v) is 3.61. The maximum Gasteiger partial charge on any atom is 0.316 e. The fraction of sp³-hybridized carbons (Fsp3) is 0.533. The van der Waals surface area contributed by atoms with Gasteiger partial charge in [0.25, 0.3) is 0 Å². The van der Waals surface area contributed by atoms with Gasteiger partial charge in [0.15, 0.2) is 0 Å². The molecule has 0 fully saturated rings. The Morgan fingerprint density at radius 3 is 2.63 bits per heavy atom. The standard InChI is InChI=1S/C15H23NO2S/c1-3-5-10-18-15(17)12-19-14-8-6-13(7-9-14)11-16-4-2/h6-9,16H,3-5,10-12H2,1-2H3. The SMILES string of the molecule is CCCCOC(=O)CSc1ccc(CNCC)cc1. The van der Waals surface area contributed by atoms with Crippen LogP contribution in [0.2, 0.25) is 0 Å². The molecule has 0 radical (unpaired) electrons. The first-order chi connectivity index (χ1) is 9.26. The summed E-state index contributed by atoms with van der Waals surface area (Å²) in [5.74, 6) is 0.256. The van der Waals surface area contributed by atoms with E-state index in [1.807, 2.05) is 0 Å². The summed E-state index contributed by atoms with van der Waals surface area (Å²) in [5, 5.41) is 3.28. The average molecular weight is 281 g/mol. The molecule has 0 saturated heterocycles. The zero-order chi connectivity index (χ0) is 13.9. The fourth-order valence-electron chi connectivity index (χ4n) is 1.49. The highest BCUT2D eigenvalue weighted by atomic mass is 32.2. The van der Waals surface area contributed by atoms with Crippen LogP contribution in [0.25, 0.3) is 0 Å². The van der Waals surface area contributed by atoms with Gasteiger partial charge < -0.3 is 10.1 Å². The van der Waals surface area contributed by atoms with Gasteiger partial charge in [-0.3, -0.25) is 4.79 Å². The summed E-state index contributed by atoms with van der Waals surface area (Å²) in [4.78, 5) is 12.6. The van der Waals surface area contributed by atoms with Crippen LogP contribution in [0.3, 0.4) is 0 Å². The summed E-state index contributed by atoms with van der Waals surface area (Å²) in [7, 11) is 0. The van der Waals surface area contributed by atoms with E-state index in [0.29, 0.717) is 12.4 Å². The highest BCUT2D eigenvalue weighted by Crippen LogP contribution is 2.18. The van der Waals surface area contributed by atoms with Gasteiger partial charge in [-0.05, 0) is 30.7 Å². The van der Waals surface area contributed by atoms with E-state index in [9.17, 15) is 4.79 Å². The number of ether oxygens (including phenoxy) is 1. The van der Waals surface area contributed by atoms with Crippen LogP contribution >= 0.6 is 11.8 Å². The Balaban J connectivity index is 2.27. The molecule has 0 aliphatic carbocycles. The predicted molar refractivity (Wildman–Crippen MR) is 80.4 cm³/mol. The lowest BCUT2D eigenvalue weighted by atomic mass is 10.2. The van der Waals surface area contributed by atoms with Crippen LogP contribution in [-0.2, 0) is 16.1 Å². The summed E-state index contributed by atoms with van der Waals surface area (Å²) in [5.41, 5.74) is 1.26. The van der Waals surface area contributed by atoms with Crippen LogP contribution < -0.4 is 5.32 Å². The van der Waals surface area contributed by atoms with Crippen LogP contribution in [0.4, 0.5) is 0 Å². The van der Waals surface area contributed by atoms with Crippen molar-refractivity contribution in [2.24, 2.45) is 0 Å². The van der Waals surface area contributed by atoms with E-state index in [-0.39, 0.29) is 5.97 Å². The Morgan fingerprint density at radius 2 is 2.00 bits per heavy atom. The second-order valence-corrected chi connectivity index (χ2v) is 5.34. The Hall–Kier alpha value is -1.00. The maximum atomic E-state index is 11.4. The van der Waals surface area contributed by atoms with Gasteiger partial charge in [0.2, 0.25) is 0 Å². The Morgan fingerprint density at radius 1 is 1.26 bits per heavy atom. The van der Waals surface area contributed by atoms with Crippen molar-refractivity contribution in [1.82, 2.24) is 5.32 Å². The number of carbonyl (C=O) groups excluding carboxylic acids is 1. The predicted octanol–water partition coefficient (Wildman–Crippen LogP) is 3.23. The Labute approximate surface area is 120 Å². The zero-order valence-electron chi connectivity index (χ0n) is 11.8. The van der Waals surface area contributed by atoms with Gasteiger partial charge in [0.05, 0.1) is 12.4 Å². The van der Waals surface area contributed by atoms with E-state index in [1.165, 1.54) is 17.3 Å². The molecule has 0 aliphatic rings. The minimum absolute atomic E-state index is 0.129. The smallest absolute Gasteiger partial charge is 0.316 e. The molecule has 0 spiro atoms. The minimum atomic E-state index is -0.129. The fourth-order valence-corrected chi connectivity index (χ4v) is 2.18. The third kappa shape index (κ3) is 7.23. The summed E-state index contributed by atoms with van der Waals surface area (Å²) in [6.07, 6.45) is 1.99. The average Bonchev–Trinajstić information content (AvgIpc) is 2.44. The number of rotatable bonds is 9. The van der Waals surface area contributed by atoms with Gasteiger partial charge in [-0.15, -0.1) is 11.8 Å². The van der Waals surface area contributed by atoms with Crippen LogP contribution in [-0.4, -0.2) is 24.9 Å². The van der Waals surface area contributed by atoms with Gasteiger partial charge in [0, 0.05) is 11.4 Å². The first-order valence-corrected chi connectivity index (χ1v) is 7.83. The first-order valence-electron chi connectivity index (χ1n) is 6.84. The molecule has 1 aromatic rings. The zero-order valence-corrected chi connectivity index (χ0v) is 12.6. The van der Waals surface area contributed by atoms with E-state index in [1.54, 1.807) is 0 Å². The van der Waals surface area contributed by atoms with Crippen LogP contribution in [0.15, 0.2) is 29.2 Å². The molecule has 1 rings (SSSR count). The molecular weight excluding hydrogens is 258 g/mol. The molecule has 19 heavy (non-hydrogen) atoms. The van der Waals surface area contributed by atoms with Crippen molar-refractivity contribution in [3.05, 3.63) is 29.8 Å². The summed E-state index contributed by atoms with van der Waals surface area (Å²) in [6.45, 7) is 6.57. The molecule has 4 heteroatoms. The topological polar surface area (TPSA) is 38.3 Å². The van der Waals surface area contributed by atoms with E-state index < -0.39 is 0 Å². The van der Waals surface area contributed by atoms with Crippen molar-refractivity contribution < 1.29 is 9.53 Å². The molecule has 0 amide bonds. The van der Waals surface area contributed by atoms with Gasteiger partial charge in [-0.25, -0.2) is 0 Å². The molecule has 0 aliphatic heterocycles. The molecule has 0 bridgehead atoms. The van der Waals surface area contributed by atoms with Crippen molar-refractivity contribution in [3.8, 4) is 0 Å². The molecule has 1 aromatic carbocycles. The summed E-state index contributed by atoms with van der Waals surface area (Å²) < 4.78 is 5.11. The monoisotopic (exact) mass is 281 g/mol. The minimum Gasteiger partial charge on any atom is -0.465 e. The molecule has 1 N–H and O–H groups in total. The number of thioether (sulfide) groups is 1. The van der Waals surface area contributed by atoms with E-state index >= 15 is 0 Å². The van der Waals surface area contributed by atoms with Crippen molar-refractivity contribution in [3.63, 3.8) is 0 Å². The summed E-state index contributed by atoms with van der Waals surface area (Å²) in [6, 6.07) is 8.29. The van der Waals surface area contributed by atoms with Crippen LogP contribution in [0, 0.1) is 0 Å². The van der Waals surface area contributed by atoms with Crippen molar-refractivity contribution in [2.45, 2.75) is 38.1 Å². The molecule has 0 unspecified atom stereocenters. The lowest BCUT2D eigenvalue weighted by molar-refractivity contribution is -0.140. The number of nitrogens with one attached hydrogen (secondary N) is 1. The first kappa shape index (κ1) is 16.1. The third-order valence-electron chi connectivity index (χ3n) is 2.62. The highest BCUT2D eigenvalue weighted by Gasteiger charge is 2.04. The van der Waals surface area contributed by atoms with Gasteiger partial charge in [-0.1, -0.05) is 32.4 Å². The molecule has 0 aromatic heterocycles. The molecule has 106 valence electrons. The highest BCUT2D eigenvalue weighted by molar-refractivity contribution is 8.00. The van der Waals surface area contributed by atoms with Gasteiger partial charge in [-0.2, -0.15) is 0 Å². The van der Waals surface area contributed by atoms with Crippen molar-refractivity contribution in [2.75, 3.05) is 18.9 Å². The molecular formula is C15H23NO2S. The second kappa shape index (κ2) is 9.87. The number of esters is 1. The molecule has 3 nitrogen and oxygen atoms in total. The molecule has 0 heterocycles. The van der Waals surface area contributed by atoms with Crippen LogP contribution in [0.1, 0.15) is 32.3 Å². The van der Waals surface area contributed by atoms with Crippen molar-refractivity contribution in [1.29, 1.82) is 0 Å². The number of hydrogen-bond acceptors (Lipinski definition) is 4. The van der Waals surface area contributed by atoms with E-state index in [2.05, 4.69) is 43.4 Å². The molecule has 0 saturated carbocycles. The molecule has 0 atom stereocenters. The van der Waals surface area contributed by atoms with E-state index in [4.69, 9.17) is 4.74 Å². The van der Waals surface area contributed by atoms with E-state index in [0.717, 1.165) is 30.8 Å². The second-order valence-electron chi connectivity index (χ2n) is 4.29. The lowest BCUT2D eigenvalue weighted by Crippen LogP contribution is -2.11. The Kier molecular flexibility index (Phi) is 8.34. The lowest BCUT2D eigenvalue weighted by Gasteiger charge is -2.05. The summed E-state index contributed by atoms with van der Waals surface area (Å²) >= 11 is 1.52. The number of benzene rings is 1.